The van der Waals surface area contributed by atoms with Crippen molar-refractivity contribution >= 4 is 17.4 Å². The molecule has 1 heterocycles. The number of pyridine rings is 1. The molecule has 0 aliphatic rings. The molecule has 2 nitrogen and oxygen atoms in total. The molecule has 0 fully saturated rings. The first kappa shape index (κ1) is 12.9. The van der Waals surface area contributed by atoms with E-state index in [1.807, 2.05) is 24.3 Å². The van der Waals surface area contributed by atoms with Gasteiger partial charge in [-0.25, -0.2) is 4.98 Å². The van der Waals surface area contributed by atoms with Crippen molar-refractivity contribution < 1.29 is 0 Å². The quantitative estimate of drug-likeness (QED) is 0.847. The van der Waals surface area contributed by atoms with Gasteiger partial charge in [0.1, 0.15) is 5.82 Å². The molecular weight excluding hydrogens is 244 g/mol. The fourth-order valence-corrected chi connectivity index (χ4v) is 2.29. The first-order valence-electron chi connectivity index (χ1n) is 6.07. The second-order valence-electron chi connectivity index (χ2n) is 4.41. The van der Waals surface area contributed by atoms with Gasteiger partial charge in [-0.15, -0.1) is 11.6 Å². The third kappa shape index (κ3) is 3.02. The number of aromatic nitrogens is 1. The number of alkyl halides is 1. The molecule has 1 atom stereocenters. The number of nitrogens with zero attached hydrogens (tertiary/aromatic N) is 1. The van der Waals surface area contributed by atoms with Crippen molar-refractivity contribution in [3.05, 3.63) is 59.3 Å². The van der Waals surface area contributed by atoms with E-state index in [9.17, 15) is 0 Å². The van der Waals surface area contributed by atoms with E-state index >= 15 is 0 Å². The van der Waals surface area contributed by atoms with Gasteiger partial charge in [-0.2, -0.15) is 0 Å². The number of hydrogen-bond donors (Lipinski definition) is 1. The second kappa shape index (κ2) is 5.87. The van der Waals surface area contributed by atoms with Crippen LogP contribution in [0.1, 0.15) is 28.5 Å². The molecule has 1 aromatic heterocycles. The summed E-state index contributed by atoms with van der Waals surface area (Å²) in [6.45, 7) is 2.05. The van der Waals surface area contributed by atoms with Crippen LogP contribution < -0.4 is 5.73 Å². The van der Waals surface area contributed by atoms with E-state index in [4.69, 9.17) is 17.3 Å². The molecule has 94 valence electrons. The highest BCUT2D eigenvalue weighted by Gasteiger charge is 2.10. The lowest BCUT2D eigenvalue weighted by atomic mass is 10.0. The number of rotatable bonds is 4. The van der Waals surface area contributed by atoms with Crippen molar-refractivity contribution in [1.82, 2.24) is 4.98 Å². The highest BCUT2D eigenvalue weighted by molar-refractivity contribution is 6.20. The minimum atomic E-state index is 0.0187. The van der Waals surface area contributed by atoms with Crippen LogP contribution in [0.5, 0.6) is 0 Å². The summed E-state index contributed by atoms with van der Waals surface area (Å²) in [4.78, 5) is 4.13. The summed E-state index contributed by atoms with van der Waals surface area (Å²) in [5.74, 6) is 0.618. The largest absolute Gasteiger partial charge is 0.383 e. The van der Waals surface area contributed by atoms with Gasteiger partial charge in [-0.05, 0) is 42.5 Å². The summed E-state index contributed by atoms with van der Waals surface area (Å²) < 4.78 is 0. The molecule has 3 heteroatoms. The van der Waals surface area contributed by atoms with Gasteiger partial charge in [0.15, 0.2) is 0 Å². The van der Waals surface area contributed by atoms with Crippen molar-refractivity contribution in [2.45, 2.75) is 25.1 Å². The molecule has 0 spiro atoms. The zero-order chi connectivity index (χ0) is 13.0. The number of anilines is 1. The van der Waals surface area contributed by atoms with E-state index in [0.29, 0.717) is 5.82 Å². The molecule has 2 aromatic rings. The van der Waals surface area contributed by atoms with Crippen LogP contribution in [-0.4, -0.2) is 4.98 Å². The van der Waals surface area contributed by atoms with Crippen LogP contribution in [0.2, 0.25) is 0 Å². The molecule has 0 aliphatic heterocycles. The average molecular weight is 261 g/mol. The number of nitrogens with two attached hydrogens (primary N) is 1. The lowest BCUT2D eigenvalue weighted by Gasteiger charge is -2.12. The minimum Gasteiger partial charge on any atom is -0.383 e. The topological polar surface area (TPSA) is 38.9 Å². The number of benzene rings is 1. The summed E-state index contributed by atoms with van der Waals surface area (Å²) in [7, 11) is 0. The highest BCUT2D eigenvalue weighted by Crippen LogP contribution is 2.27. The molecular formula is C15H17ClN2. The molecule has 0 saturated carbocycles. The van der Waals surface area contributed by atoms with Gasteiger partial charge in [0.05, 0.1) is 5.38 Å². The van der Waals surface area contributed by atoms with Gasteiger partial charge in [-0.3, -0.25) is 0 Å². The van der Waals surface area contributed by atoms with Crippen molar-refractivity contribution in [1.29, 1.82) is 0 Å². The Morgan fingerprint density at radius 2 is 1.94 bits per heavy atom. The third-order valence-corrected chi connectivity index (χ3v) is 3.60. The molecule has 0 aliphatic carbocycles. The predicted molar refractivity (Wildman–Crippen MR) is 76.7 cm³/mol. The lowest BCUT2D eigenvalue weighted by molar-refractivity contribution is 0.788. The summed E-state index contributed by atoms with van der Waals surface area (Å²) in [6.07, 6.45) is 3.46. The molecule has 2 N–H and O–H groups in total. The minimum absolute atomic E-state index is 0.0187. The Balaban J connectivity index is 2.04. The Hall–Kier alpha value is -1.54. The maximum absolute atomic E-state index is 6.40. The smallest absolute Gasteiger partial charge is 0.126 e. The number of halogens is 1. The second-order valence-corrected chi connectivity index (χ2v) is 4.94. The van der Waals surface area contributed by atoms with Gasteiger partial charge in [-0.1, -0.05) is 30.3 Å². The zero-order valence-corrected chi connectivity index (χ0v) is 11.2. The van der Waals surface area contributed by atoms with Gasteiger partial charge >= 0.3 is 0 Å². The van der Waals surface area contributed by atoms with E-state index in [1.54, 1.807) is 6.20 Å². The molecule has 1 unspecified atom stereocenters. The molecule has 1 aromatic carbocycles. The van der Waals surface area contributed by atoms with E-state index in [-0.39, 0.29) is 5.38 Å². The van der Waals surface area contributed by atoms with Gasteiger partial charge in [0.25, 0.3) is 0 Å². The Morgan fingerprint density at radius 1 is 1.22 bits per heavy atom. The average Bonchev–Trinajstić information content (AvgIpc) is 2.39. The number of nitrogen functional groups attached to an aromatic ring is 1. The van der Waals surface area contributed by atoms with Crippen molar-refractivity contribution in [3.63, 3.8) is 0 Å². The summed E-state index contributed by atoms with van der Waals surface area (Å²) in [6, 6.07) is 12.1. The Kier molecular flexibility index (Phi) is 4.21. The van der Waals surface area contributed by atoms with E-state index in [1.165, 1.54) is 5.56 Å². The first-order chi connectivity index (χ1) is 8.68. The van der Waals surface area contributed by atoms with Crippen LogP contribution in [-0.2, 0) is 6.42 Å². The maximum atomic E-state index is 6.40. The van der Waals surface area contributed by atoms with Crippen molar-refractivity contribution in [2.24, 2.45) is 0 Å². The number of aryl methyl sites for hydroxylation is 1. The fraction of sp³-hybridized carbons (Fsp3) is 0.267. The third-order valence-electron chi connectivity index (χ3n) is 3.13. The fourth-order valence-electron chi connectivity index (χ4n) is 2.03. The van der Waals surface area contributed by atoms with Crippen LogP contribution in [0.15, 0.2) is 42.6 Å². The Morgan fingerprint density at radius 3 is 2.61 bits per heavy atom. The van der Waals surface area contributed by atoms with E-state index < -0.39 is 0 Å². The van der Waals surface area contributed by atoms with Gasteiger partial charge in [0, 0.05) is 6.20 Å². The van der Waals surface area contributed by atoms with Crippen LogP contribution >= 0.6 is 11.6 Å². The SMILES string of the molecule is Cc1ccnc(N)c1CCC(Cl)c1ccccc1. The monoisotopic (exact) mass is 260 g/mol. The molecule has 0 amide bonds. The molecule has 0 saturated heterocycles. The predicted octanol–water partition coefficient (Wildman–Crippen LogP) is 3.88. The van der Waals surface area contributed by atoms with Crippen LogP contribution in [0.4, 0.5) is 5.82 Å². The number of hydrogen-bond acceptors (Lipinski definition) is 2. The van der Waals surface area contributed by atoms with Gasteiger partial charge in [0.2, 0.25) is 0 Å². The summed E-state index contributed by atoms with van der Waals surface area (Å²) >= 11 is 6.40. The van der Waals surface area contributed by atoms with E-state index in [2.05, 4.69) is 24.0 Å². The zero-order valence-electron chi connectivity index (χ0n) is 10.4. The van der Waals surface area contributed by atoms with Crippen molar-refractivity contribution in [2.75, 3.05) is 5.73 Å². The molecule has 18 heavy (non-hydrogen) atoms. The Labute approximate surface area is 113 Å². The van der Waals surface area contributed by atoms with Crippen molar-refractivity contribution in [3.8, 4) is 0 Å². The molecule has 0 radical (unpaired) electrons. The lowest BCUT2D eigenvalue weighted by Crippen LogP contribution is -2.02. The van der Waals surface area contributed by atoms with Crippen LogP contribution in [0, 0.1) is 6.92 Å². The molecule has 2 rings (SSSR count). The van der Waals surface area contributed by atoms with Gasteiger partial charge < -0.3 is 5.73 Å². The van der Waals surface area contributed by atoms with Crippen LogP contribution in [0.3, 0.4) is 0 Å². The maximum Gasteiger partial charge on any atom is 0.126 e. The normalized spacial score (nSPS) is 12.3. The summed E-state index contributed by atoms with van der Waals surface area (Å²) in [5.41, 5.74) is 9.33. The van der Waals surface area contributed by atoms with E-state index in [0.717, 1.165) is 24.0 Å². The standard InChI is InChI=1S/C15H17ClN2/c1-11-9-10-18-15(17)13(11)7-8-14(16)12-5-3-2-4-6-12/h2-6,9-10,14H,7-8H2,1H3,(H2,17,18). The summed E-state index contributed by atoms with van der Waals surface area (Å²) in [5, 5.41) is 0.0187. The van der Waals surface area contributed by atoms with Crippen LogP contribution in [0.25, 0.3) is 0 Å². The first-order valence-corrected chi connectivity index (χ1v) is 6.51. The molecule has 0 bridgehead atoms. The highest BCUT2D eigenvalue weighted by atomic mass is 35.5. The Bertz CT molecular complexity index is 491.